The fraction of sp³-hybridized carbons (Fsp3) is 0.238. The number of carbonyl (C=O) groups is 2. The summed E-state index contributed by atoms with van der Waals surface area (Å²) in [5.41, 5.74) is 7.61. The number of aromatic amines is 1. The summed E-state index contributed by atoms with van der Waals surface area (Å²) in [6.45, 7) is 8.65. The third-order valence-electron chi connectivity index (χ3n) is 8.68. The second-order valence-corrected chi connectivity index (χ2v) is 12.7. The Morgan fingerprint density at radius 3 is 1.71 bits per heavy atom. The van der Waals surface area contributed by atoms with E-state index < -0.39 is 17.8 Å². The van der Waals surface area contributed by atoms with Gasteiger partial charge in [-0.3, -0.25) is 9.89 Å². The van der Waals surface area contributed by atoms with E-state index in [1.165, 1.54) is 59.3 Å². The summed E-state index contributed by atoms with van der Waals surface area (Å²) in [6, 6.07) is 30.1. The Labute approximate surface area is 346 Å². The number of nitrogens with zero attached hydrogens (tertiary/aromatic N) is 7. The summed E-state index contributed by atoms with van der Waals surface area (Å²) in [6.07, 6.45) is 5.21. The maximum Gasteiger partial charge on any atom is 3.00 e. The Hall–Kier alpha value is -6.47. The minimum absolute atomic E-state index is 0. The molecule has 58 heavy (non-hydrogen) atoms. The van der Waals surface area contributed by atoms with Gasteiger partial charge in [0.1, 0.15) is 5.69 Å². The van der Waals surface area contributed by atoms with E-state index in [0.717, 1.165) is 12.5 Å². The number of carbonyl (C=O) groups excluding carboxylic acids is 2. The number of aromatic nitrogens is 4. The summed E-state index contributed by atoms with van der Waals surface area (Å²) in [5, 5.41) is 57.3. The van der Waals surface area contributed by atoms with Crippen molar-refractivity contribution < 1.29 is 42.3 Å². The van der Waals surface area contributed by atoms with Crippen LogP contribution < -0.4 is 26.6 Å². The van der Waals surface area contributed by atoms with Crippen molar-refractivity contribution in [3.05, 3.63) is 142 Å². The minimum atomic E-state index is -1.36. The Morgan fingerprint density at radius 1 is 0.741 bits per heavy atom. The molecule has 1 atom stereocenters. The van der Waals surface area contributed by atoms with Crippen LogP contribution in [-0.2, 0) is 17.4 Å². The predicted molar refractivity (Wildman–Crippen MR) is 211 cm³/mol. The van der Waals surface area contributed by atoms with Crippen molar-refractivity contribution in [2.45, 2.75) is 53.4 Å². The number of aryl methyl sites for hydroxylation is 2. The van der Waals surface area contributed by atoms with Crippen LogP contribution >= 0.6 is 0 Å². The van der Waals surface area contributed by atoms with Gasteiger partial charge in [-0.15, -0.1) is 20.5 Å². The molecule has 6 aromatic rings. The van der Waals surface area contributed by atoms with E-state index in [2.05, 4.69) is 44.5 Å². The summed E-state index contributed by atoms with van der Waals surface area (Å²) < 4.78 is 2.59. The monoisotopic (exact) mass is 822 g/mol. The van der Waals surface area contributed by atoms with Gasteiger partial charge in [0.25, 0.3) is 5.56 Å². The van der Waals surface area contributed by atoms with Gasteiger partial charge in [0, 0.05) is 17.0 Å². The van der Waals surface area contributed by atoms with Crippen molar-refractivity contribution in [3.63, 3.8) is 0 Å². The number of aromatic carboxylic acids is 2. The molecule has 1 radical (unpaired) electrons. The average Bonchev–Trinajstić information content (AvgIpc) is 3.69. The molecular weight excluding hydrogens is 779 g/mol. The van der Waals surface area contributed by atoms with Gasteiger partial charge in [-0.25, -0.2) is 9.36 Å². The molecule has 299 valence electrons. The Bertz CT molecular complexity index is 2350. The molecule has 0 fully saturated rings. The van der Waals surface area contributed by atoms with Gasteiger partial charge < -0.3 is 30.6 Å². The maximum absolute atomic E-state index is 12.5. The SMILES string of the molecule is CCCCC(CC)CN.Cc1[nH]n(-c2ccccc2)c(=O)c1N=Nc1ccccc1C(=O)[O-].Cc1nn(-c2ccccc2)c([O-])c1N=Nc1ccccc1C(=O)[O-].[Cr+3]. The fourth-order valence-corrected chi connectivity index (χ4v) is 5.43. The van der Waals surface area contributed by atoms with Crippen LogP contribution in [0.5, 0.6) is 5.88 Å². The molecule has 0 amide bonds. The third-order valence-corrected chi connectivity index (χ3v) is 8.68. The van der Waals surface area contributed by atoms with Gasteiger partial charge in [0.15, 0.2) is 5.69 Å². The van der Waals surface area contributed by atoms with Gasteiger partial charge in [-0.05, 0) is 69.1 Å². The van der Waals surface area contributed by atoms with Crippen molar-refractivity contribution in [2.75, 3.05) is 6.54 Å². The molecular formula is C42H44CrN9O6. The number of carboxylic acid groups (broad SMARTS) is 2. The topological polar surface area (TPSA) is 234 Å². The van der Waals surface area contributed by atoms with Gasteiger partial charge in [0.2, 0.25) is 0 Å². The number of nitrogens with one attached hydrogen (secondary N) is 1. The molecule has 0 aliphatic carbocycles. The molecule has 0 saturated carbocycles. The molecule has 15 nitrogen and oxygen atoms in total. The first-order valence-corrected chi connectivity index (χ1v) is 18.3. The molecule has 0 bridgehead atoms. The minimum Gasteiger partial charge on any atom is -0.857 e. The largest absolute Gasteiger partial charge is 3.00 e. The number of hydrogen-bond acceptors (Lipinski definition) is 12. The van der Waals surface area contributed by atoms with Crippen LogP contribution in [-0.4, -0.2) is 38.0 Å². The molecule has 0 aliphatic heterocycles. The van der Waals surface area contributed by atoms with Crippen molar-refractivity contribution >= 4 is 34.7 Å². The van der Waals surface area contributed by atoms with E-state index in [9.17, 15) is 29.7 Å². The van der Waals surface area contributed by atoms with E-state index in [0.29, 0.717) is 22.8 Å². The molecule has 0 spiro atoms. The number of carboxylic acids is 2. The Morgan fingerprint density at radius 2 is 1.22 bits per heavy atom. The molecule has 1 unspecified atom stereocenters. The number of azo groups is 2. The second-order valence-electron chi connectivity index (χ2n) is 12.7. The predicted octanol–water partition coefficient (Wildman–Crippen LogP) is 6.45. The number of benzene rings is 4. The molecule has 16 heteroatoms. The zero-order chi connectivity index (χ0) is 41.3. The summed E-state index contributed by atoms with van der Waals surface area (Å²) >= 11 is 0. The molecule has 4 aromatic carbocycles. The molecule has 6 rings (SSSR count). The van der Waals surface area contributed by atoms with Crippen molar-refractivity contribution in [1.29, 1.82) is 0 Å². The molecule has 3 N–H and O–H groups in total. The van der Waals surface area contributed by atoms with Crippen molar-refractivity contribution in [3.8, 4) is 17.3 Å². The van der Waals surface area contributed by atoms with Crippen LogP contribution in [0.1, 0.15) is 71.6 Å². The molecule has 0 saturated heterocycles. The summed E-state index contributed by atoms with van der Waals surface area (Å²) in [4.78, 5) is 34.6. The first kappa shape index (κ1) is 45.9. The number of H-pyrrole nitrogens is 1. The number of hydrogen-bond donors (Lipinski definition) is 2. The zero-order valence-electron chi connectivity index (χ0n) is 32.6. The van der Waals surface area contributed by atoms with Gasteiger partial charge in [0.05, 0.1) is 46.1 Å². The number of rotatable bonds is 13. The molecule has 0 aliphatic rings. The van der Waals surface area contributed by atoms with Crippen LogP contribution in [0.3, 0.4) is 0 Å². The van der Waals surface area contributed by atoms with Crippen LogP contribution in [0.15, 0.2) is 134 Å². The van der Waals surface area contributed by atoms with Crippen molar-refractivity contribution in [1.82, 2.24) is 19.6 Å². The van der Waals surface area contributed by atoms with Crippen LogP contribution in [0.25, 0.3) is 11.4 Å². The van der Waals surface area contributed by atoms with E-state index in [4.69, 9.17) is 5.73 Å². The van der Waals surface area contributed by atoms with Gasteiger partial charge in [-0.2, -0.15) is 5.10 Å². The standard InChI is InChI=1S/2C17H14N4O3.C8H19N.Cr/c2*1-11-15(16(22)21(20-11)12-7-3-2-4-8-12)19-18-14-10-6-5-9-13(14)17(23)24;1-3-5-6-8(4-2)7-9;/h2-10,22H,1H3,(H,23,24);2-10,20H,1H3,(H,23,24);8H,3-7,9H2,1-2H3;/q;;;+3/p-3. The average molecular weight is 823 g/mol. The fourth-order valence-electron chi connectivity index (χ4n) is 5.43. The maximum atomic E-state index is 12.5. The summed E-state index contributed by atoms with van der Waals surface area (Å²) in [5.74, 6) is -2.35. The van der Waals surface area contributed by atoms with Gasteiger partial charge in [-0.1, -0.05) is 106 Å². The second kappa shape index (κ2) is 22.9. The molecule has 2 heterocycles. The molecule has 2 aromatic heterocycles. The Kier molecular flexibility index (Phi) is 18.2. The van der Waals surface area contributed by atoms with E-state index in [-0.39, 0.29) is 56.8 Å². The quantitative estimate of drug-likeness (QED) is 0.123. The number of nitrogens with two attached hydrogens (primary N) is 1. The Balaban J connectivity index is 0.000000254. The normalized spacial score (nSPS) is 11.3. The zero-order valence-corrected chi connectivity index (χ0v) is 33.8. The first-order valence-electron chi connectivity index (χ1n) is 18.3. The van der Waals surface area contributed by atoms with Crippen LogP contribution in [0, 0.1) is 19.8 Å². The third kappa shape index (κ3) is 12.3. The number of unbranched alkanes of at least 4 members (excludes halogenated alkanes) is 1. The number of para-hydroxylation sites is 2. The first-order chi connectivity index (χ1) is 27.5. The van der Waals surface area contributed by atoms with E-state index >= 15 is 0 Å². The van der Waals surface area contributed by atoms with E-state index in [1.54, 1.807) is 74.5 Å². The van der Waals surface area contributed by atoms with Crippen molar-refractivity contribution in [2.24, 2.45) is 32.1 Å². The summed E-state index contributed by atoms with van der Waals surface area (Å²) in [7, 11) is 0. The van der Waals surface area contributed by atoms with Crippen LogP contribution in [0.4, 0.5) is 22.7 Å². The smallest absolute Gasteiger partial charge is 0.857 e. The van der Waals surface area contributed by atoms with E-state index in [1.807, 2.05) is 24.3 Å². The van der Waals surface area contributed by atoms with Gasteiger partial charge >= 0.3 is 17.4 Å². The van der Waals surface area contributed by atoms with Crippen LogP contribution in [0.2, 0.25) is 0 Å².